The molecule has 0 atom stereocenters. The van der Waals surface area contributed by atoms with Crippen molar-refractivity contribution in [1.82, 2.24) is 5.16 Å². The largest absolute Gasteiger partial charge is 0.338 e. The molecule has 0 fully saturated rings. The Hall–Kier alpha value is -1.81. The zero-order chi connectivity index (χ0) is 12.3. The molecule has 0 aliphatic rings. The van der Waals surface area contributed by atoms with Gasteiger partial charge in [-0.3, -0.25) is 9.69 Å². The first kappa shape index (κ1) is 11.7. The normalized spacial score (nSPS) is 10.2. The van der Waals surface area contributed by atoms with Crippen molar-refractivity contribution in [2.45, 2.75) is 0 Å². The molecule has 0 aliphatic heterocycles. The molecule has 0 aliphatic carbocycles. The minimum absolute atomic E-state index is 0.0854. The number of carbonyl (C=O) groups excluding carboxylic acids is 1. The molecule has 0 N–H and O–H groups in total. The van der Waals surface area contributed by atoms with Crippen molar-refractivity contribution in [3.05, 3.63) is 36.4 Å². The lowest BCUT2D eigenvalue weighted by Gasteiger charge is -2.09. The summed E-state index contributed by atoms with van der Waals surface area (Å²) in [6.07, 6.45) is 0. The Bertz CT molecular complexity index is 510. The number of hydrogen-bond donors (Lipinski definition) is 0. The number of amides is 1. The first-order valence-electron chi connectivity index (χ1n) is 5.07. The van der Waals surface area contributed by atoms with Crippen molar-refractivity contribution >= 4 is 23.4 Å². The number of carbonyl (C=O) groups is 1. The van der Waals surface area contributed by atoms with Gasteiger partial charge in [0.05, 0.1) is 0 Å². The van der Waals surface area contributed by atoms with Crippen LogP contribution in [-0.4, -0.2) is 24.0 Å². The van der Waals surface area contributed by atoms with E-state index in [4.69, 9.17) is 16.1 Å². The molecule has 1 aromatic heterocycles. The first-order chi connectivity index (χ1) is 8.22. The Morgan fingerprint density at radius 3 is 2.76 bits per heavy atom. The van der Waals surface area contributed by atoms with E-state index in [9.17, 15) is 4.79 Å². The van der Waals surface area contributed by atoms with Crippen LogP contribution in [0.4, 0.5) is 5.88 Å². The lowest BCUT2D eigenvalue weighted by Crippen LogP contribution is -2.26. The number of benzene rings is 1. The third kappa shape index (κ3) is 2.47. The standard InChI is InChI=1S/C12H11ClN2O2/c1-15(11(16)8-13)12-7-10(14-17-12)9-5-3-2-4-6-9/h2-7H,8H2,1H3. The smallest absolute Gasteiger partial charge is 0.244 e. The molecule has 17 heavy (non-hydrogen) atoms. The van der Waals surface area contributed by atoms with E-state index in [-0.39, 0.29) is 11.8 Å². The molecule has 2 rings (SSSR count). The minimum Gasteiger partial charge on any atom is -0.338 e. The lowest BCUT2D eigenvalue weighted by molar-refractivity contribution is -0.116. The highest BCUT2D eigenvalue weighted by atomic mass is 35.5. The molecule has 5 heteroatoms. The summed E-state index contributed by atoms with van der Waals surface area (Å²) in [5.74, 6) is 0.0645. The summed E-state index contributed by atoms with van der Waals surface area (Å²) in [5, 5.41) is 3.91. The molecule has 0 unspecified atom stereocenters. The van der Waals surface area contributed by atoms with Crippen LogP contribution in [-0.2, 0) is 4.79 Å². The van der Waals surface area contributed by atoms with E-state index < -0.39 is 0 Å². The maximum Gasteiger partial charge on any atom is 0.244 e. The molecule has 0 saturated carbocycles. The van der Waals surface area contributed by atoms with Crippen molar-refractivity contribution in [2.75, 3.05) is 17.8 Å². The van der Waals surface area contributed by atoms with Gasteiger partial charge in [-0.15, -0.1) is 11.6 Å². The zero-order valence-electron chi connectivity index (χ0n) is 9.26. The van der Waals surface area contributed by atoms with Crippen LogP contribution in [0.1, 0.15) is 0 Å². The van der Waals surface area contributed by atoms with Crippen LogP contribution < -0.4 is 4.90 Å². The zero-order valence-corrected chi connectivity index (χ0v) is 10.0. The number of alkyl halides is 1. The predicted octanol–water partition coefficient (Wildman–Crippen LogP) is 2.54. The molecule has 4 nitrogen and oxygen atoms in total. The van der Waals surface area contributed by atoms with Crippen LogP contribution in [0.25, 0.3) is 11.3 Å². The van der Waals surface area contributed by atoms with Gasteiger partial charge in [-0.25, -0.2) is 0 Å². The summed E-state index contributed by atoms with van der Waals surface area (Å²) < 4.78 is 5.10. The van der Waals surface area contributed by atoms with Crippen LogP contribution in [0.2, 0.25) is 0 Å². The van der Waals surface area contributed by atoms with Crippen molar-refractivity contribution in [3.8, 4) is 11.3 Å². The first-order valence-corrected chi connectivity index (χ1v) is 5.60. The maximum absolute atomic E-state index is 11.4. The molecule has 1 aromatic carbocycles. The summed E-state index contributed by atoms with van der Waals surface area (Å²) in [7, 11) is 1.60. The average molecular weight is 251 g/mol. The van der Waals surface area contributed by atoms with Crippen LogP contribution in [0.5, 0.6) is 0 Å². The summed E-state index contributed by atoms with van der Waals surface area (Å²) in [5.41, 5.74) is 1.63. The van der Waals surface area contributed by atoms with Gasteiger partial charge in [-0.05, 0) is 0 Å². The van der Waals surface area contributed by atoms with Crippen LogP contribution in [0.15, 0.2) is 40.9 Å². The second kappa shape index (κ2) is 5.01. The average Bonchev–Trinajstić information content (AvgIpc) is 2.87. The molecule has 0 bridgehead atoms. The van der Waals surface area contributed by atoms with Gasteiger partial charge in [0.15, 0.2) is 0 Å². The van der Waals surface area contributed by atoms with E-state index >= 15 is 0 Å². The van der Waals surface area contributed by atoms with Crippen LogP contribution >= 0.6 is 11.6 Å². The van der Waals surface area contributed by atoms with E-state index in [1.807, 2.05) is 30.3 Å². The molecule has 0 spiro atoms. The van der Waals surface area contributed by atoms with Gasteiger partial charge >= 0.3 is 0 Å². The highest BCUT2D eigenvalue weighted by Gasteiger charge is 2.15. The Morgan fingerprint density at radius 2 is 2.12 bits per heavy atom. The summed E-state index contributed by atoms with van der Waals surface area (Å²) >= 11 is 5.47. The fourth-order valence-electron chi connectivity index (χ4n) is 1.38. The van der Waals surface area contributed by atoms with E-state index in [0.29, 0.717) is 11.6 Å². The third-order valence-electron chi connectivity index (χ3n) is 2.39. The molecular weight excluding hydrogens is 240 g/mol. The van der Waals surface area contributed by atoms with Crippen LogP contribution in [0, 0.1) is 0 Å². The second-order valence-electron chi connectivity index (χ2n) is 3.50. The van der Waals surface area contributed by atoms with Crippen molar-refractivity contribution < 1.29 is 9.32 Å². The van der Waals surface area contributed by atoms with Gasteiger partial charge in [0.1, 0.15) is 11.6 Å². The SMILES string of the molecule is CN(C(=O)CCl)c1cc(-c2ccccc2)no1. The Balaban J connectivity index is 2.25. The number of anilines is 1. The predicted molar refractivity (Wildman–Crippen MR) is 66.1 cm³/mol. The van der Waals surface area contributed by atoms with Gasteiger partial charge in [-0.2, -0.15) is 0 Å². The Kier molecular flexibility index (Phi) is 3.44. The number of hydrogen-bond acceptors (Lipinski definition) is 3. The fraction of sp³-hybridized carbons (Fsp3) is 0.167. The van der Waals surface area contributed by atoms with Crippen LogP contribution in [0.3, 0.4) is 0 Å². The molecule has 88 valence electrons. The van der Waals surface area contributed by atoms with E-state index in [0.717, 1.165) is 5.56 Å². The number of rotatable bonds is 3. The van der Waals surface area contributed by atoms with Crippen molar-refractivity contribution in [1.29, 1.82) is 0 Å². The van der Waals surface area contributed by atoms with Gasteiger partial charge in [0.25, 0.3) is 0 Å². The third-order valence-corrected chi connectivity index (χ3v) is 2.61. The minimum atomic E-state index is -0.234. The van der Waals surface area contributed by atoms with Gasteiger partial charge in [-0.1, -0.05) is 35.5 Å². The molecular formula is C12H11ClN2O2. The quantitative estimate of drug-likeness (QED) is 0.787. The van der Waals surface area contributed by atoms with Gasteiger partial charge in [0, 0.05) is 18.7 Å². The Morgan fingerprint density at radius 1 is 1.41 bits per heavy atom. The number of nitrogens with zero attached hydrogens (tertiary/aromatic N) is 2. The number of aromatic nitrogens is 1. The van der Waals surface area contributed by atoms with E-state index in [2.05, 4.69) is 5.16 Å². The highest BCUT2D eigenvalue weighted by molar-refractivity contribution is 6.29. The van der Waals surface area contributed by atoms with Crippen molar-refractivity contribution in [2.24, 2.45) is 0 Å². The van der Waals surface area contributed by atoms with Crippen molar-refractivity contribution in [3.63, 3.8) is 0 Å². The molecule has 0 saturated heterocycles. The molecule has 2 aromatic rings. The lowest BCUT2D eigenvalue weighted by atomic mass is 10.1. The summed E-state index contributed by atoms with van der Waals surface area (Å²) in [4.78, 5) is 12.7. The van der Waals surface area contributed by atoms with E-state index in [1.54, 1.807) is 13.1 Å². The monoisotopic (exact) mass is 250 g/mol. The topological polar surface area (TPSA) is 46.3 Å². The second-order valence-corrected chi connectivity index (χ2v) is 3.77. The van der Waals surface area contributed by atoms with E-state index in [1.165, 1.54) is 4.90 Å². The molecule has 1 amide bonds. The number of halogens is 1. The fourth-order valence-corrected chi connectivity index (χ4v) is 1.56. The molecule has 0 radical (unpaired) electrons. The summed E-state index contributed by atoms with van der Waals surface area (Å²) in [6, 6.07) is 11.3. The van der Waals surface area contributed by atoms with Gasteiger partial charge in [0.2, 0.25) is 11.8 Å². The molecule has 1 heterocycles. The summed E-state index contributed by atoms with van der Waals surface area (Å²) in [6.45, 7) is 0. The highest BCUT2D eigenvalue weighted by Crippen LogP contribution is 2.23. The maximum atomic E-state index is 11.4. The Labute approximate surface area is 104 Å². The van der Waals surface area contributed by atoms with Gasteiger partial charge < -0.3 is 4.52 Å².